The van der Waals surface area contributed by atoms with Gasteiger partial charge in [0.05, 0.1) is 10.6 Å². The number of carboxylic acids is 1. The summed E-state index contributed by atoms with van der Waals surface area (Å²) in [5, 5.41) is 10.2. The average Bonchev–Trinajstić information content (AvgIpc) is 2.70. The zero-order chi connectivity index (χ0) is 11.5. The summed E-state index contributed by atoms with van der Waals surface area (Å²) in [6.45, 7) is 0. The van der Waals surface area contributed by atoms with Crippen LogP contribution >= 0.6 is 23.4 Å². The summed E-state index contributed by atoms with van der Waals surface area (Å²) in [6, 6.07) is 8.96. The van der Waals surface area contributed by atoms with Crippen LogP contribution in [-0.4, -0.2) is 16.1 Å². The highest BCUT2D eigenvalue weighted by molar-refractivity contribution is 7.99. The molecule has 5 heteroatoms. The van der Waals surface area contributed by atoms with E-state index in [2.05, 4.69) is 4.98 Å². The van der Waals surface area contributed by atoms with Gasteiger partial charge in [0.2, 0.25) is 0 Å². The summed E-state index contributed by atoms with van der Waals surface area (Å²) in [5.74, 6) is -0.931. The Kier molecular flexibility index (Phi) is 3.22. The number of hydrogen-bond acceptors (Lipinski definition) is 2. The number of carbonyl (C=O) groups is 1. The lowest BCUT2D eigenvalue weighted by Crippen LogP contribution is -1.91. The van der Waals surface area contributed by atoms with E-state index in [9.17, 15) is 4.79 Å². The van der Waals surface area contributed by atoms with Crippen LogP contribution in [0.4, 0.5) is 0 Å². The number of aromatic amines is 1. The van der Waals surface area contributed by atoms with Crippen molar-refractivity contribution in [3.05, 3.63) is 47.1 Å². The van der Waals surface area contributed by atoms with E-state index >= 15 is 0 Å². The Hall–Kier alpha value is -1.39. The highest BCUT2D eigenvalue weighted by Crippen LogP contribution is 2.27. The minimum absolute atomic E-state index is 0.261. The van der Waals surface area contributed by atoms with Gasteiger partial charge in [-0.1, -0.05) is 23.4 Å². The molecule has 0 aliphatic rings. The maximum absolute atomic E-state index is 10.7. The first-order chi connectivity index (χ1) is 7.65. The monoisotopic (exact) mass is 253 g/mol. The van der Waals surface area contributed by atoms with E-state index in [1.54, 1.807) is 18.2 Å². The predicted octanol–water partition coefficient (Wildman–Crippen LogP) is 3.52. The zero-order valence-electron chi connectivity index (χ0n) is 8.11. The van der Waals surface area contributed by atoms with Gasteiger partial charge in [0.1, 0.15) is 0 Å². The topological polar surface area (TPSA) is 53.1 Å². The molecule has 0 atom stereocenters. The number of hydrogen-bond donors (Lipinski definition) is 2. The van der Waals surface area contributed by atoms with E-state index in [1.807, 2.05) is 12.1 Å². The van der Waals surface area contributed by atoms with Gasteiger partial charge in [-0.05, 0) is 30.3 Å². The van der Waals surface area contributed by atoms with E-state index in [4.69, 9.17) is 16.7 Å². The van der Waals surface area contributed by atoms with Gasteiger partial charge in [-0.15, -0.1) is 0 Å². The lowest BCUT2D eigenvalue weighted by atomic mass is 10.4. The smallest absolute Gasteiger partial charge is 0.337 e. The Morgan fingerprint density at radius 2 is 2.00 bits per heavy atom. The Balaban J connectivity index is 2.14. The van der Waals surface area contributed by atoms with Crippen LogP contribution in [0.1, 0.15) is 10.4 Å². The molecule has 0 unspecified atom stereocenters. The molecule has 0 saturated heterocycles. The molecule has 2 N–H and O–H groups in total. The van der Waals surface area contributed by atoms with Gasteiger partial charge in [-0.2, -0.15) is 0 Å². The average molecular weight is 254 g/mol. The fourth-order valence-electron chi connectivity index (χ4n) is 1.19. The minimum Gasteiger partial charge on any atom is -0.478 e. The number of carboxylic acid groups (broad SMARTS) is 1. The van der Waals surface area contributed by atoms with E-state index in [0.29, 0.717) is 5.02 Å². The normalized spacial score (nSPS) is 10.3. The van der Waals surface area contributed by atoms with Crippen LogP contribution in [0.5, 0.6) is 0 Å². The van der Waals surface area contributed by atoms with Crippen molar-refractivity contribution >= 4 is 29.3 Å². The van der Waals surface area contributed by atoms with Gasteiger partial charge in [-0.3, -0.25) is 0 Å². The first kappa shape index (κ1) is 11.1. The summed E-state index contributed by atoms with van der Waals surface area (Å²) in [6.07, 6.45) is 1.47. The molecule has 1 aromatic heterocycles. The Morgan fingerprint density at radius 1 is 1.31 bits per heavy atom. The fourth-order valence-corrected chi connectivity index (χ4v) is 2.14. The van der Waals surface area contributed by atoms with Crippen LogP contribution in [-0.2, 0) is 0 Å². The van der Waals surface area contributed by atoms with Crippen molar-refractivity contribution in [2.75, 3.05) is 0 Å². The number of aromatic carboxylic acids is 1. The van der Waals surface area contributed by atoms with Crippen LogP contribution < -0.4 is 0 Å². The van der Waals surface area contributed by atoms with Crippen LogP contribution in [0, 0.1) is 0 Å². The lowest BCUT2D eigenvalue weighted by Gasteiger charge is -1.98. The quantitative estimate of drug-likeness (QED) is 0.880. The largest absolute Gasteiger partial charge is 0.478 e. The number of aromatic nitrogens is 1. The Morgan fingerprint density at radius 3 is 2.56 bits per heavy atom. The standard InChI is InChI=1S/C11H8ClNO2S/c12-8-1-3-9(4-2-8)16-10-5-7(6-13-10)11(14)15/h1-6,13H,(H,14,15). The second kappa shape index (κ2) is 4.63. The zero-order valence-corrected chi connectivity index (χ0v) is 9.68. The molecule has 0 radical (unpaired) electrons. The number of benzene rings is 1. The molecule has 0 saturated carbocycles. The van der Waals surface area contributed by atoms with Gasteiger partial charge in [0.25, 0.3) is 0 Å². The van der Waals surface area contributed by atoms with Gasteiger partial charge in [0.15, 0.2) is 0 Å². The van der Waals surface area contributed by atoms with Crippen LogP contribution in [0.2, 0.25) is 5.02 Å². The molecule has 2 aromatic rings. The van der Waals surface area contributed by atoms with Crippen molar-refractivity contribution in [3.63, 3.8) is 0 Å². The number of halogens is 1. The highest BCUT2D eigenvalue weighted by Gasteiger charge is 2.06. The molecule has 0 bridgehead atoms. The third kappa shape index (κ3) is 2.59. The summed E-state index contributed by atoms with van der Waals surface area (Å²) < 4.78 is 0. The maximum atomic E-state index is 10.7. The predicted molar refractivity (Wildman–Crippen MR) is 63.3 cm³/mol. The second-order valence-corrected chi connectivity index (χ2v) is 4.67. The molecular weight excluding hydrogens is 246 g/mol. The molecule has 0 amide bonds. The molecule has 1 heterocycles. The van der Waals surface area contributed by atoms with Crippen molar-refractivity contribution < 1.29 is 9.90 Å². The van der Waals surface area contributed by atoms with Crippen LogP contribution in [0.15, 0.2) is 46.5 Å². The summed E-state index contributed by atoms with van der Waals surface area (Å²) in [4.78, 5) is 14.6. The van der Waals surface area contributed by atoms with E-state index in [1.165, 1.54) is 18.0 Å². The molecule has 0 aliphatic heterocycles. The molecule has 1 aromatic carbocycles. The minimum atomic E-state index is -0.931. The van der Waals surface area contributed by atoms with Gasteiger partial charge < -0.3 is 10.1 Å². The Labute approximate surface area is 101 Å². The van der Waals surface area contributed by atoms with Gasteiger partial charge >= 0.3 is 5.97 Å². The van der Waals surface area contributed by atoms with Crippen LogP contribution in [0.3, 0.4) is 0 Å². The van der Waals surface area contributed by atoms with E-state index < -0.39 is 5.97 Å². The number of nitrogens with one attached hydrogen (secondary N) is 1. The van der Waals surface area contributed by atoms with E-state index in [-0.39, 0.29) is 5.56 Å². The Bertz CT molecular complexity index is 507. The molecule has 16 heavy (non-hydrogen) atoms. The fraction of sp³-hybridized carbons (Fsp3) is 0. The number of rotatable bonds is 3. The van der Waals surface area contributed by atoms with Crippen molar-refractivity contribution in [1.29, 1.82) is 0 Å². The molecule has 0 fully saturated rings. The van der Waals surface area contributed by atoms with Crippen molar-refractivity contribution in [2.45, 2.75) is 9.92 Å². The van der Waals surface area contributed by atoms with Crippen molar-refractivity contribution in [2.24, 2.45) is 0 Å². The SMILES string of the molecule is O=C(O)c1c[nH]c(Sc2ccc(Cl)cc2)c1. The molecular formula is C11H8ClNO2S. The molecule has 82 valence electrons. The summed E-state index contributed by atoms with van der Waals surface area (Å²) in [5.41, 5.74) is 0.261. The molecule has 2 rings (SSSR count). The lowest BCUT2D eigenvalue weighted by molar-refractivity contribution is 0.0697. The molecule has 3 nitrogen and oxygen atoms in total. The van der Waals surface area contributed by atoms with Crippen molar-refractivity contribution in [1.82, 2.24) is 4.98 Å². The number of H-pyrrole nitrogens is 1. The summed E-state index contributed by atoms with van der Waals surface area (Å²) in [7, 11) is 0. The van der Waals surface area contributed by atoms with Crippen molar-refractivity contribution in [3.8, 4) is 0 Å². The maximum Gasteiger partial charge on any atom is 0.337 e. The third-order valence-electron chi connectivity index (χ3n) is 1.94. The second-order valence-electron chi connectivity index (χ2n) is 3.11. The third-order valence-corrected chi connectivity index (χ3v) is 3.16. The molecule has 0 spiro atoms. The van der Waals surface area contributed by atoms with Gasteiger partial charge in [-0.25, -0.2) is 4.79 Å². The van der Waals surface area contributed by atoms with Gasteiger partial charge in [0, 0.05) is 16.1 Å². The highest BCUT2D eigenvalue weighted by atomic mass is 35.5. The molecule has 0 aliphatic carbocycles. The summed E-state index contributed by atoms with van der Waals surface area (Å²) >= 11 is 7.22. The first-order valence-electron chi connectivity index (χ1n) is 4.50. The van der Waals surface area contributed by atoms with E-state index in [0.717, 1.165) is 9.92 Å². The van der Waals surface area contributed by atoms with Crippen LogP contribution in [0.25, 0.3) is 0 Å². The first-order valence-corrected chi connectivity index (χ1v) is 5.70.